The van der Waals surface area contributed by atoms with Gasteiger partial charge in [-0.1, -0.05) is 42.7 Å². The summed E-state index contributed by atoms with van der Waals surface area (Å²) >= 11 is 0. The first kappa shape index (κ1) is 17.0. The van der Waals surface area contributed by atoms with Crippen molar-refractivity contribution >= 4 is 0 Å². The van der Waals surface area contributed by atoms with Gasteiger partial charge in [0.1, 0.15) is 0 Å². The summed E-state index contributed by atoms with van der Waals surface area (Å²) in [5, 5.41) is 0. The highest BCUT2D eigenvalue weighted by Crippen LogP contribution is 2.44. The average Bonchev–Trinajstić information content (AvgIpc) is 2.61. The second kappa shape index (κ2) is 8.31. The van der Waals surface area contributed by atoms with Crippen LogP contribution in [0.15, 0.2) is 24.3 Å². The number of alkyl halides is 1. The molecular formula is C22H33F. The van der Waals surface area contributed by atoms with Crippen LogP contribution in [0, 0.1) is 24.7 Å². The van der Waals surface area contributed by atoms with Crippen LogP contribution < -0.4 is 0 Å². The molecule has 2 aliphatic rings. The van der Waals surface area contributed by atoms with Crippen molar-refractivity contribution in [3.05, 3.63) is 35.4 Å². The highest BCUT2D eigenvalue weighted by atomic mass is 19.1. The number of benzene rings is 1. The van der Waals surface area contributed by atoms with E-state index in [9.17, 15) is 4.39 Å². The van der Waals surface area contributed by atoms with Crippen molar-refractivity contribution < 1.29 is 4.39 Å². The van der Waals surface area contributed by atoms with Crippen LogP contribution in [0.2, 0.25) is 0 Å². The minimum absolute atomic E-state index is 0.122. The minimum Gasteiger partial charge on any atom is -0.251 e. The molecule has 0 aliphatic heterocycles. The molecule has 128 valence electrons. The Hall–Kier alpha value is -0.850. The summed E-state index contributed by atoms with van der Waals surface area (Å²) in [6.07, 6.45) is 13.1. The van der Waals surface area contributed by atoms with Crippen molar-refractivity contribution in [2.75, 3.05) is 6.67 Å². The molecule has 0 N–H and O–H groups in total. The standard InChI is InChI=1S/C22H33F/c1-17-4-8-19(9-5-17)21-12-14-22(15-13-21)20-10-6-18(7-11-20)3-2-16-23/h4-5,8-9,18,20-22H,2-3,6-7,10-16H2,1H3. The summed E-state index contributed by atoms with van der Waals surface area (Å²) in [6.45, 7) is 2.05. The van der Waals surface area contributed by atoms with Gasteiger partial charge in [0, 0.05) is 0 Å². The van der Waals surface area contributed by atoms with Gasteiger partial charge in [0.2, 0.25) is 0 Å². The van der Waals surface area contributed by atoms with E-state index >= 15 is 0 Å². The quantitative estimate of drug-likeness (QED) is 0.558. The number of hydrogen-bond donors (Lipinski definition) is 0. The Labute approximate surface area is 141 Å². The van der Waals surface area contributed by atoms with Crippen molar-refractivity contribution in [2.24, 2.45) is 17.8 Å². The van der Waals surface area contributed by atoms with Gasteiger partial charge in [-0.3, -0.25) is 4.39 Å². The van der Waals surface area contributed by atoms with Crippen LogP contribution in [0.25, 0.3) is 0 Å². The molecule has 0 aromatic heterocycles. The van der Waals surface area contributed by atoms with E-state index in [-0.39, 0.29) is 6.67 Å². The summed E-state index contributed by atoms with van der Waals surface area (Å²) < 4.78 is 12.3. The van der Waals surface area contributed by atoms with E-state index < -0.39 is 0 Å². The maximum absolute atomic E-state index is 12.3. The van der Waals surface area contributed by atoms with Gasteiger partial charge < -0.3 is 0 Å². The van der Waals surface area contributed by atoms with E-state index in [0.717, 1.165) is 36.5 Å². The Morgan fingerprint density at radius 2 is 1.39 bits per heavy atom. The topological polar surface area (TPSA) is 0 Å². The first-order chi connectivity index (χ1) is 11.3. The van der Waals surface area contributed by atoms with E-state index in [0.29, 0.717) is 0 Å². The molecule has 1 heteroatoms. The van der Waals surface area contributed by atoms with Crippen LogP contribution in [0.1, 0.15) is 81.3 Å². The smallest absolute Gasteiger partial charge is 0.0894 e. The number of aryl methyl sites for hydroxylation is 1. The van der Waals surface area contributed by atoms with Gasteiger partial charge in [0.25, 0.3) is 0 Å². The summed E-state index contributed by atoms with van der Waals surface area (Å²) in [5.74, 6) is 3.56. The van der Waals surface area contributed by atoms with Gasteiger partial charge >= 0.3 is 0 Å². The Kier molecular flexibility index (Phi) is 6.14. The van der Waals surface area contributed by atoms with E-state index in [1.54, 1.807) is 5.56 Å². The Bertz CT molecular complexity index is 447. The molecule has 2 aliphatic carbocycles. The molecule has 3 rings (SSSR count). The lowest BCUT2D eigenvalue weighted by Crippen LogP contribution is -2.25. The van der Waals surface area contributed by atoms with E-state index in [4.69, 9.17) is 0 Å². The maximum atomic E-state index is 12.3. The van der Waals surface area contributed by atoms with E-state index in [1.165, 1.54) is 56.9 Å². The molecule has 2 saturated carbocycles. The van der Waals surface area contributed by atoms with E-state index in [2.05, 4.69) is 31.2 Å². The van der Waals surface area contributed by atoms with Crippen LogP contribution in [-0.4, -0.2) is 6.67 Å². The summed E-state index contributed by atoms with van der Waals surface area (Å²) in [5.41, 5.74) is 2.93. The van der Waals surface area contributed by atoms with Gasteiger partial charge in [0.15, 0.2) is 0 Å². The van der Waals surface area contributed by atoms with Crippen molar-refractivity contribution in [3.8, 4) is 0 Å². The first-order valence-electron chi connectivity index (χ1n) is 9.88. The molecule has 0 atom stereocenters. The molecule has 23 heavy (non-hydrogen) atoms. The summed E-state index contributed by atoms with van der Waals surface area (Å²) in [7, 11) is 0. The lowest BCUT2D eigenvalue weighted by molar-refractivity contribution is 0.155. The molecule has 1 aromatic carbocycles. The fourth-order valence-corrected chi connectivity index (χ4v) is 5.08. The van der Waals surface area contributed by atoms with Crippen molar-refractivity contribution in [3.63, 3.8) is 0 Å². The van der Waals surface area contributed by atoms with E-state index in [1.807, 2.05) is 0 Å². The largest absolute Gasteiger partial charge is 0.251 e. The predicted octanol–water partition coefficient (Wildman–Crippen LogP) is 6.82. The third-order valence-electron chi connectivity index (χ3n) is 6.62. The molecular weight excluding hydrogens is 283 g/mol. The van der Waals surface area contributed by atoms with Gasteiger partial charge in [-0.25, -0.2) is 0 Å². The molecule has 0 bridgehead atoms. The number of halogens is 1. The highest BCUT2D eigenvalue weighted by Gasteiger charge is 2.31. The van der Waals surface area contributed by atoms with Gasteiger partial charge in [-0.2, -0.15) is 0 Å². The van der Waals surface area contributed by atoms with Crippen molar-refractivity contribution in [1.82, 2.24) is 0 Å². The lowest BCUT2D eigenvalue weighted by atomic mass is 9.68. The van der Waals surface area contributed by atoms with Crippen molar-refractivity contribution in [2.45, 2.75) is 77.0 Å². The number of rotatable bonds is 5. The Morgan fingerprint density at radius 1 is 0.826 bits per heavy atom. The van der Waals surface area contributed by atoms with Crippen LogP contribution in [0.4, 0.5) is 4.39 Å². The van der Waals surface area contributed by atoms with Crippen molar-refractivity contribution in [1.29, 1.82) is 0 Å². The SMILES string of the molecule is Cc1ccc(C2CCC(C3CCC(CCCF)CC3)CC2)cc1. The van der Waals surface area contributed by atoms with Crippen LogP contribution in [0.3, 0.4) is 0 Å². The molecule has 0 heterocycles. The van der Waals surface area contributed by atoms with Crippen LogP contribution in [0.5, 0.6) is 0 Å². The monoisotopic (exact) mass is 316 g/mol. The molecule has 0 nitrogen and oxygen atoms in total. The normalized spacial score (nSPS) is 31.9. The second-order valence-electron chi connectivity index (χ2n) is 8.13. The molecule has 0 unspecified atom stereocenters. The molecule has 0 spiro atoms. The molecule has 2 fully saturated rings. The zero-order valence-electron chi connectivity index (χ0n) is 14.8. The minimum atomic E-state index is -0.122. The average molecular weight is 317 g/mol. The third-order valence-corrected chi connectivity index (χ3v) is 6.62. The van der Waals surface area contributed by atoms with Gasteiger partial charge in [-0.05, 0) is 87.5 Å². The summed E-state index contributed by atoms with van der Waals surface area (Å²) in [6, 6.07) is 9.22. The van der Waals surface area contributed by atoms with Crippen LogP contribution >= 0.6 is 0 Å². The third kappa shape index (κ3) is 4.58. The molecule has 0 radical (unpaired) electrons. The van der Waals surface area contributed by atoms with Crippen LogP contribution in [-0.2, 0) is 0 Å². The Balaban J connectivity index is 1.43. The summed E-state index contributed by atoms with van der Waals surface area (Å²) in [4.78, 5) is 0. The molecule has 0 amide bonds. The molecule has 0 saturated heterocycles. The fourth-order valence-electron chi connectivity index (χ4n) is 5.08. The second-order valence-corrected chi connectivity index (χ2v) is 8.13. The lowest BCUT2D eigenvalue weighted by Gasteiger charge is -2.38. The first-order valence-corrected chi connectivity index (χ1v) is 9.88. The van der Waals surface area contributed by atoms with Gasteiger partial charge in [0.05, 0.1) is 6.67 Å². The highest BCUT2D eigenvalue weighted by molar-refractivity contribution is 5.24. The zero-order chi connectivity index (χ0) is 16.1. The molecule has 1 aromatic rings. The predicted molar refractivity (Wildman–Crippen MR) is 96.5 cm³/mol. The zero-order valence-corrected chi connectivity index (χ0v) is 14.8. The number of hydrogen-bond acceptors (Lipinski definition) is 0. The Morgan fingerprint density at radius 3 is 1.96 bits per heavy atom. The van der Waals surface area contributed by atoms with Gasteiger partial charge in [-0.15, -0.1) is 0 Å². The fraction of sp³-hybridized carbons (Fsp3) is 0.727. The maximum Gasteiger partial charge on any atom is 0.0894 e.